The van der Waals surface area contributed by atoms with Gasteiger partial charge in [-0.1, -0.05) is 60.7 Å². The fraction of sp³-hybridized carbons (Fsp3) is 0.0667. The predicted molar refractivity (Wildman–Crippen MR) is 146 cm³/mol. The first kappa shape index (κ1) is 24.5. The molecule has 1 amide bonds. The van der Waals surface area contributed by atoms with Gasteiger partial charge in [0.05, 0.1) is 22.8 Å². The number of halogens is 2. The van der Waals surface area contributed by atoms with Crippen LogP contribution in [-0.2, 0) is 11.4 Å². The number of ether oxygens (including phenoxy) is 2. The highest BCUT2D eigenvalue weighted by molar-refractivity contribution is 9.10. The highest BCUT2D eigenvalue weighted by Crippen LogP contribution is 2.38. The average Bonchev–Trinajstić information content (AvgIpc) is 3.24. The zero-order valence-electron chi connectivity index (χ0n) is 19.9. The second-order valence-corrected chi connectivity index (χ2v) is 9.13. The van der Waals surface area contributed by atoms with Crippen LogP contribution in [0.4, 0.5) is 10.1 Å². The lowest BCUT2D eigenvalue weighted by Crippen LogP contribution is -2.21. The van der Waals surface area contributed by atoms with Crippen molar-refractivity contribution in [2.24, 2.45) is 5.10 Å². The molecule has 184 valence electrons. The summed E-state index contributed by atoms with van der Waals surface area (Å²) in [5, 5.41) is 6.09. The molecule has 0 N–H and O–H groups in total. The second-order valence-electron chi connectivity index (χ2n) is 8.28. The molecular formula is C30H22BrFN2O3. The topological polar surface area (TPSA) is 51.1 Å². The molecule has 0 atom stereocenters. The van der Waals surface area contributed by atoms with Crippen LogP contribution in [0.25, 0.3) is 6.08 Å². The van der Waals surface area contributed by atoms with Crippen LogP contribution in [0.1, 0.15) is 16.7 Å². The van der Waals surface area contributed by atoms with Crippen LogP contribution >= 0.6 is 15.9 Å². The smallest absolute Gasteiger partial charge is 0.281 e. The Morgan fingerprint density at radius 3 is 2.38 bits per heavy atom. The van der Waals surface area contributed by atoms with Crippen LogP contribution in [0.5, 0.6) is 11.5 Å². The Bertz CT molecular complexity index is 1500. The van der Waals surface area contributed by atoms with E-state index >= 15 is 0 Å². The number of anilines is 1. The molecule has 0 aliphatic carbocycles. The lowest BCUT2D eigenvalue weighted by Gasteiger charge is -2.14. The third kappa shape index (κ3) is 5.32. The fourth-order valence-corrected chi connectivity index (χ4v) is 4.58. The molecule has 37 heavy (non-hydrogen) atoms. The number of rotatable bonds is 7. The molecule has 0 fully saturated rings. The van der Waals surface area contributed by atoms with Crippen molar-refractivity contribution in [2.75, 3.05) is 12.1 Å². The van der Waals surface area contributed by atoms with Crippen molar-refractivity contribution >= 4 is 39.3 Å². The van der Waals surface area contributed by atoms with E-state index in [2.05, 4.69) is 21.0 Å². The zero-order valence-corrected chi connectivity index (χ0v) is 21.5. The lowest BCUT2D eigenvalue weighted by atomic mass is 10.00. The Kier molecular flexibility index (Phi) is 7.14. The molecule has 0 aromatic heterocycles. The monoisotopic (exact) mass is 556 g/mol. The highest BCUT2D eigenvalue weighted by atomic mass is 79.9. The molecule has 0 radical (unpaired) electrons. The van der Waals surface area contributed by atoms with Gasteiger partial charge in [-0.3, -0.25) is 4.79 Å². The summed E-state index contributed by atoms with van der Waals surface area (Å²) in [4.78, 5) is 13.5. The van der Waals surface area contributed by atoms with Crippen molar-refractivity contribution in [1.29, 1.82) is 0 Å². The van der Waals surface area contributed by atoms with Gasteiger partial charge in [0.1, 0.15) is 18.1 Å². The van der Waals surface area contributed by atoms with Gasteiger partial charge in [0.2, 0.25) is 0 Å². The van der Waals surface area contributed by atoms with E-state index in [9.17, 15) is 9.18 Å². The van der Waals surface area contributed by atoms with Crippen LogP contribution in [0.2, 0.25) is 0 Å². The quantitative estimate of drug-likeness (QED) is 0.230. The average molecular weight is 557 g/mol. The van der Waals surface area contributed by atoms with E-state index in [0.717, 1.165) is 11.1 Å². The summed E-state index contributed by atoms with van der Waals surface area (Å²) in [6, 6.07) is 28.8. The van der Waals surface area contributed by atoms with Crippen LogP contribution < -0.4 is 14.5 Å². The van der Waals surface area contributed by atoms with Crippen LogP contribution in [0, 0.1) is 5.82 Å². The molecule has 5 nitrogen and oxygen atoms in total. The first-order valence-corrected chi connectivity index (χ1v) is 12.3. The number of hydrogen-bond donors (Lipinski definition) is 0. The third-order valence-electron chi connectivity index (χ3n) is 5.76. The van der Waals surface area contributed by atoms with E-state index in [-0.39, 0.29) is 18.3 Å². The van der Waals surface area contributed by atoms with Gasteiger partial charge in [-0.15, -0.1) is 0 Å². The standard InChI is InChI=1S/C30H22BrFN2O3/c1-36-27-18-21(17-26(31)29(27)37-19-20-9-8-12-23(32)15-20)16-25-28(22-10-4-2-5-11-22)33-34(30(25)35)24-13-6-3-7-14-24/h2-18H,19H2,1H3/b25-16-. The van der Waals surface area contributed by atoms with Crippen LogP contribution in [0.15, 0.2) is 112 Å². The Morgan fingerprint density at radius 2 is 1.68 bits per heavy atom. The van der Waals surface area contributed by atoms with Crippen molar-refractivity contribution in [3.8, 4) is 11.5 Å². The number of carbonyl (C=O) groups excluding carboxylic acids is 1. The van der Waals surface area contributed by atoms with E-state index in [1.165, 1.54) is 17.1 Å². The van der Waals surface area contributed by atoms with Crippen molar-refractivity contribution in [3.05, 3.63) is 130 Å². The van der Waals surface area contributed by atoms with Gasteiger partial charge in [0.25, 0.3) is 5.91 Å². The van der Waals surface area contributed by atoms with Gasteiger partial charge in [0.15, 0.2) is 11.5 Å². The Labute approximate surface area is 222 Å². The van der Waals surface area contributed by atoms with Gasteiger partial charge < -0.3 is 9.47 Å². The van der Waals surface area contributed by atoms with E-state index < -0.39 is 0 Å². The Hall–Kier alpha value is -4.23. The molecule has 1 aliphatic heterocycles. The minimum Gasteiger partial charge on any atom is -0.493 e. The minimum atomic E-state index is -0.323. The predicted octanol–water partition coefficient (Wildman–Crippen LogP) is 7.01. The Balaban J connectivity index is 1.50. The van der Waals surface area contributed by atoms with E-state index in [1.807, 2.05) is 66.7 Å². The van der Waals surface area contributed by atoms with Gasteiger partial charge >= 0.3 is 0 Å². The normalized spacial score (nSPS) is 14.1. The maximum atomic E-state index is 13.5. The van der Waals surface area contributed by atoms with E-state index in [4.69, 9.17) is 9.47 Å². The summed E-state index contributed by atoms with van der Waals surface area (Å²) < 4.78 is 25.7. The zero-order chi connectivity index (χ0) is 25.8. The molecule has 0 saturated carbocycles. The maximum absolute atomic E-state index is 13.5. The SMILES string of the molecule is COc1cc(/C=C2\C(=O)N(c3ccccc3)N=C2c2ccccc2)cc(Br)c1OCc1cccc(F)c1. The summed E-state index contributed by atoms with van der Waals surface area (Å²) in [7, 11) is 1.54. The first-order valence-electron chi connectivity index (χ1n) is 11.5. The number of hydrogen-bond acceptors (Lipinski definition) is 4. The Morgan fingerprint density at radius 1 is 0.946 bits per heavy atom. The van der Waals surface area contributed by atoms with Crippen LogP contribution in [0.3, 0.4) is 0 Å². The maximum Gasteiger partial charge on any atom is 0.281 e. The van der Waals surface area contributed by atoms with Crippen molar-refractivity contribution in [3.63, 3.8) is 0 Å². The van der Waals surface area contributed by atoms with Gasteiger partial charge in [0, 0.05) is 5.56 Å². The molecule has 4 aromatic rings. The molecule has 5 rings (SSSR count). The molecule has 0 unspecified atom stereocenters. The number of carbonyl (C=O) groups is 1. The number of para-hydroxylation sites is 1. The number of nitrogens with zero attached hydrogens (tertiary/aromatic N) is 2. The van der Waals surface area contributed by atoms with Gasteiger partial charge in [-0.25, -0.2) is 4.39 Å². The largest absolute Gasteiger partial charge is 0.493 e. The summed E-state index contributed by atoms with van der Waals surface area (Å²) >= 11 is 3.57. The highest BCUT2D eigenvalue weighted by Gasteiger charge is 2.32. The summed E-state index contributed by atoms with van der Waals surface area (Å²) in [6.07, 6.45) is 1.79. The lowest BCUT2D eigenvalue weighted by molar-refractivity contribution is -0.114. The van der Waals surface area contributed by atoms with Crippen molar-refractivity contribution in [1.82, 2.24) is 0 Å². The summed E-state index contributed by atoms with van der Waals surface area (Å²) in [5.41, 5.74) is 3.98. The molecule has 7 heteroatoms. The van der Waals surface area contributed by atoms with Crippen molar-refractivity contribution in [2.45, 2.75) is 6.61 Å². The molecule has 0 saturated heterocycles. The fourth-order valence-electron chi connectivity index (χ4n) is 4.01. The molecule has 0 bridgehead atoms. The van der Waals surface area contributed by atoms with E-state index in [1.54, 1.807) is 31.4 Å². The number of hydrazone groups is 1. The molecule has 4 aromatic carbocycles. The van der Waals surface area contributed by atoms with Gasteiger partial charge in [-0.05, 0) is 69.5 Å². The molecule has 1 aliphatic rings. The number of methoxy groups -OCH3 is 1. The molecule has 0 spiro atoms. The minimum absolute atomic E-state index is 0.169. The van der Waals surface area contributed by atoms with Crippen LogP contribution in [-0.4, -0.2) is 18.7 Å². The first-order chi connectivity index (χ1) is 18.0. The number of amides is 1. The second kappa shape index (κ2) is 10.8. The third-order valence-corrected chi connectivity index (χ3v) is 6.35. The van der Waals surface area contributed by atoms with Crippen molar-refractivity contribution < 1.29 is 18.7 Å². The van der Waals surface area contributed by atoms with E-state index in [0.29, 0.717) is 38.5 Å². The summed E-state index contributed by atoms with van der Waals surface area (Å²) in [5.74, 6) is 0.401. The molecule has 1 heterocycles. The van der Waals surface area contributed by atoms with Gasteiger partial charge in [-0.2, -0.15) is 10.1 Å². The number of benzene rings is 4. The summed E-state index contributed by atoms with van der Waals surface area (Å²) in [6.45, 7) is 0.169. The molecular weight excluding hydrogens is 535 g/mol.